The zero-order valence-corrected chi connectivity index (χ0v) is 10.5. The van der Waals surface area contributed by atoms with Gasteiger partial charge in [-0.15, -0.1) is 0 Å². The number of hydrogen-bond acceptors (Lipinski definition) is 1. The molecule has 0 fully saturated rings. The van der Waals surface area contributed by atoms with Crippen LogP contribution in [0.1, 0.15) is 11.1 Å². The number of aromatic nitrogens is 1. The quantitative estimate of drug-likeness (QED) is 0.694. The summed E-state index contributed by atoms with van der Waals surface area (Å²) in [5.74, 6) is -0.883. The van der Waals surface area contributed by atoms with Crippen LogP contribution in [-0.2, 0) is 6.54 Å². The zero-order valence-electron chi connectivity index (χ0n) is 10.5. The first-order valence-electron chi connectivity index (χ1n) is 6.10. The summed E-state index contributed by atoms with van der Waals surface area (Å²) in [6, 6.07) is 12.7. The molecule has 0 radical (unpaired) electrons. The Bertz CT molecular complexity index is 828. The lowest BCUT2D eigenvalue weighted by molar-refractivity contribution is 0.579. The molecular weight excluding hydrogens is 258 g/mol. The highest BCUT2D eigenvalue weighted by atomic mass is 19.1. The zero-order chi connectivity index (χ0) is 14.1. The van der Waals surface area contributed by atoms with Gasteiger partial charge in [0.2, 0.25) is 0 Å². The Labute approximate surface area is 114 Å². The molecule has 3 aromatic rings. The van der Waals surface area contributed by atoms with Gasteiger partial charge in [-0.2, -0.15) is 5.26 Å². The minimum absolute atomic E-state index is 0.249. The lowest BCUT2D eigenvalue weighted by Crippen LogP contribution is -2.01. The first kappa shape index (κ1) is 12.4. The van der Waals surface area contributed by atoms with Crippen molar-refractivity contribution in [3.8, 4) is 6.07 Å². The van der Waals surface area contributed by atoms with Gasteiger partial charge >= 0.3 is 0 Å². The molecule has 1 aromatic heterocycles. The number of nitriles is 1. The van der Waals surface area contributed by atoms with E-state index in [0.29, 0.717) is 11.1 Å². The molecule has 0 amide bonds. The lowest BCUT2D eigenvalue weighted by Gasteiger charge is -2.07. The van der Waals surface area contributed by atoms with E-state index in [4.69, 9.17) is 5.26 Å². The molecule has 0 aliphatic heterocycles. The standard InChI is InChI=1S/C16H10F2N2/c17-14-2-3-15(18)13(8-14)10-20-6-5-12-7-11(9-19)1-4-16(12)20/h1-8H,10H2. The topological polar surface area (TPSA) is 28.7 Å². The van der Waals surface area contributed by atoms with E-state index in [9.17, 15) is 8.78 Å². The fourth-order valence-electron chi connectivity index (χ4n) is 2.26. The molecule has 3 rings (SSSR count). The van der Waals surface area contributed by atoms with Gasteiger partial charge in [-0.05, 0) is 42.5 Å². The van der Waals surface area contributed by atoms with Crippen molar-refractivity contribution in [2.75, 3.05) is 0 Å². The van der Waals surface area contributed by atoms with Gasteiger partial charge in [0.1, 0.15) is 11.6 Å². The van der Waals surface area contributed by atoms with Crippen LogP contribution in [0, 0.1) is 23.0 Å². The first-order valence-corrected chi connectivity index (χ1v) is 6.10. The molecule has 98 valence electrons. The second kappa shape index (κ2) is 4.78. The summed E-state index contributed by atoms with van der Waals surface area (Å²) in [5.41, 5.74) is 1.76. The third-order valence-electron chi connectivity index (χ3n) is 3.25. The van der Waals surface area contributed by atoms with Crippen molar-refractivity contribution in [3.63, 3.8) is 0 Å². The van der Waals surface area contributed by atoms with Crippen LogP contribution in [0.15, 0.2) is 48.7 Å². The smallest absolute Gasteiger partial charge is 0.128 e. The molecular formula is C16H10F2N2. The Balaban J connectivity index is 2.03. The maximum absolute atomic E-state index is 13.7. The highest BCUT2D eigenvalue weighted by molar-refractivity contribution is 5.81. The molecule has 0 N–H and O–H groups in total. The van der Waals surface area contributed by atoms with E-state index in [0.717, 1.165) is 23.0 Å². The monoisotopic (exact) mass is 268 g/mol. The summed E-state index contributed by atoms with van der Waals surface area (Å²) < 4.78 is 28.7. The third kappa shape index (κ3) is 2.14. The van der Waals surface area contributed by atoms with Crippen LogP contribution >= 0.6 is 0 Å². The summed E-state index contributed by atoms with van der Waals surface area (Å²) in [6.45, 7) is 0.249. The van der Waals surface area contributed by atoms with Gasteiger partial charge in [0, 0.05) is 22.7 Å². The summed E-state index contributed by atoms with van der Waals surface area (Å²) in [7, 11) is 0. The average molecular weight is 268 g/mol. The minimum Gasteiger partial charge on any atom is -0.343 e. The van der Waals surface area contributed by atoms with Gasteiger partial charge < -0.3 is 4.57 Å². The van der Waals surface area contributed by atoms with Crippen molar-refractivity contribution in [1.29, 1.82) is 5.26 Å². The van der Waals surface area contributed by atoms with Crippen molar-refractivity contribution in [2.45, 2.75) is 6.54 Å². The minimum atomic E-state index is -0.454. The molecule has 1 heterocycles. The van der Waals surface area contributed by atoms with Crippen LogP contribution in [0.3, 0.4) is 0 Å². The fourth-order valence-corrected chi connectivity index (χ4v) is 2.26. The second-order valence-electron chi connectivity index (χ2n) is 4.56. The van der Waals surface area contributed by atoms with Gasteiger partial charge in [-0.25, -0.2) is 8.78 Å². The Morgan fingerprint density at radius 3 is 2.70 bits per heavy atom. The molecule has 20 heavy (non-hydrogen) atoms. The number of rotatable bonds is 2. The summed E-state index contributed by atoms with van der Waals surface area (Å²) in [5, 5.41) is 9.76. The lowest BCUT2D eigenvalue weighted by atomic mass is 10.1. The third-order valence-corrected chi connectivity index (χ3v) is 3.25. The number of halogens is 2. The van der Waals surface area contributed by atoms with E-state index >= 15 is 0 Å². The summed E-state index contributed by atoms with van der Waals surface area (Å²) in [4.78, 5) is 0. The van der Waals surface area contributed by atoms with Crippen LogP contribution in [0.5, 0.6) is 0 Å². The predicted octanol–water partition coefficient (Wildman–Crippen LogP) is 3.84. The molecule has 0 aliphatic rings. The maximum Gasteiger partial charge on any atom is 0.128 e. The second-order valence-corrected chi connectivity index (χ2v) is 4.56. The Morgan fingerprint density at radius 1 is 1.05 bits per heavy atom. The molecule has 0 saturated carbocycles. The number of benzene rings is 2. The molecule has 0 spiro atoms. The van der Waals surface area contributed by atoms with Gasteiger partial charge in [-0.1, -0.05) is 0 Å². The number of nitrogens with zero attached hydrogens (tertiary/aromatic N) is 2. The molecule has 0 aliphatic carbocycles. The van der Waals surface area contributed by atoms with Crippen molar-refractivity contribution < 1.29 is 8.78 Å². The normalized spacial score (nSPS) is 10.7. The van der Waals surface area contributed by atoms with Crippen molar-refractivity contribution in [3.05, 3.63) is 71.4 Å². The van der Waals surface area contributed by atoms with Gasteiger partial charge in [0.25, 0.3) is 0 Å². The number of hydrogen-bond donors (Lipinski definition) is 0. The SMILES string of the molecule is N#Cc1ccc2c(ccn2Cc2cc(F)ccc2F)c1. The summed E-state index contributed by atoms with van der Waals surface area (Å²) in [6.07, 6.45) is 1.80. The van der Waals surface area contributed by atoms with Gasteiger partial charge in [-0.3, -0.25) is 0 Å². The Kier molecular flexibility index (Phi) is 2.96. The molecule has 0 atom stereocenters. The van der Waals surface area contributed by atoms with Crippen LogP contribution in [0.4, 0.5) is 8.78 Å². The van der Waals surface area contributed by atoms with Crippen molar-refractivity contribution in [1.82, 2.24) is 4.57 Å². The van der Waals surface area contributed by atoms with E-state index in [1.807, 2.05) is 16.7 Å². The van der Waals surface area contributed by atoms with Gasteiger partial charge in [0.15, 0.2) is 0 Å². The van der Waals surface area contributed by atoms with Crippen molar-refractivity contribution in [2.24, 2.45) is 0 Å². The predicted molar refractivity (Wildman–Crippen MR) is 72.1 cm³/mol. The van der Waals surface area contributed by atoms with Crippen LogP contribution in [-0.4, -0.2) is 4.57 Å². The van der Waals surface area contributed by atoms with E-state index < -0.39 is 11.6 Å². The average Bonchev–Trinajstić information content (AvgIpc) is 2.85. The Morgan fingerprint density at radius 2 is 1.90 bits per heavy atom. The van der Waals surface area contributed by atoms with Crippen molar-refractivity contribution >= 4 is 10.9 Å². The molecule has 2 aromatic carbocycles. The number of fused-ring (bicyclic) bond motifs is 1. The van der Waals surface area contributed by atoms with E-state index in [-0.39, 0.29) is 6.54 Å². The fraction of sp³-hybridized carbons (Fsp3) is 0.0625. The highest BCUT2D eigenvalue weighted by Gasteiger charge is 2.07. The Hall–Kier alpha value is -2.67. The largest absolute Gasteiger partial charge is 0.343 e. The highest BCUT2D eigenvalue weighted by Crippen LogP contribution is 2.20. The first-order chi connectivity index (χ1) is 9.67. The van der Waals surface area contributed by atoms with E-state index in [1.165, 1.54) is 6.07 Å². The molecule has 2 nitrogen and oxygen atoms in total. The van der Waals surface area contributed by atoms with Crippen LogP contribution < -0.4 is 0 Å². The molecule has 4 heteroatoms. The van der Waals surface area contributed by atoms with E-state index in [1.54, 1.807) is 18.3 Å². The van der Waals surface area contributed by atoms with Gasteiger partial charge in [0.05, 0.1) is 18.2 Å². The van der Waals surface area contributed by atoms with E-state index in [2.05, 4.69) is 6.07 Å². The molecule has 0 saturated heterocycles. The molecule has 0 unspecified atom stereocenters. The molecule has 0 bridgehead atoms. The maximum atomic E-state index is 13.7. The summed E-state index contributed by atoms with van der Waals surface area (Å²) >= 11 is 0. The van der Waals surface area contributed by atoms with Crippen LogP contribution in [0.2, 0.25) is 0 Å². The van der Waals surface area contributed by atoms with Crippen LogP contribution in [0.25, 0.3) is 10.9 Å².